The molecule has 0 fully saturated rings. The number of esters is 1. The van der Waals surface area contributed by atoms with Gasteiger partial charge in [0.05, 0.1) is 12.7 Å². The molecule has 190 valence electrons. The Labute approximate surface area is 214 Å². The Morgan fingerprint density at radius 2 is 1.46 bits per heavy atom. The first kappa shape index (κ1) is 26.7. The Kier molecular flexibility index (Phi) is 9.15. The first-order valence-electron chi connectivity index (χ1n) is 11.4. The molecule has 0 unspecified atom stereocenters. The molecule has 3 aromatic carbocycles. The van der Waals surface area contributed by atoms with Crippen molar-refractivity contribution in [3.63, 3.8) is 0 Å². The second-order valence-electron chi connectivity index (χ2n) is 8.15. The SMILES string of the molecule is COc1ccc(C(=O)Oc2ccccc2/C=C/C(=O)NNC(=O)c2ccc(NC(=O)C(C)C)cc2)cc1. The van der Waals surface area contributed by atoms with Gasteiger partial charge in [0.25, 0.3) is 11.8 Å². The molecule has 3 aromatic rings. The number of hydrogen-bond acceptors (Lipinski definition) is 6. The van der Waals surface area contributed by atoms with Gasteiger partial charge < -0.3 is 14.8 Å². The van der Waals surface area contributed by atoms with Crippen LogP contribution in [0, 0.1) is 5.92 Å². The molecular weight excluding hydrogens is 474 g/mol. The van der Waals surface area contributed by atoms with Crippen molar-refractivity contribution in [3.8, 4) is 11.5 Å². The van der Waals surface area contributed by atoms with Crippen LogP contribution >= 0.6 is 0 Å². The van der Waals surface area contributed by atoms with E-state index in [-0.39, 0.29) is 17.6 Å². The van der Waals surface area contributed by atoms with Gasteiger partial charge in [0, 0.05) is 28.8 Å². The third kappa shape index (κ3) is 7.79. The highest BCUT2D eigenvalue weighted by Crippen LogP contribution is 2.21. The highest BCUT2D eigenvalue weighted by atomic mass is 16.5. The van der Waals surface area contributed by atoms with Gasteiger partial charge in [-0.3, -0.25) is 25.2 Å². The van der Waals surface area contributed by atoms with E-state index in [4.69, 9.17) is 9.47 Å². The summed E-state index contributed by atoms with van der Waals surface area (Å²) in [7, 11) is 1.53. The summed E-state index contributed by atoms with van der Waals surface area (Å²) in [6, 6.07) is 19.5. The fourth-order valence-corrected chi connectivity index (χ4v) is 2.99. The Morgan fingerprint density at radius 3 is 2.11 bits per heavy atom. The number of para-hydroxylation sites is 1. The van der Waals surface area contributed by atoms with Gasteiger partial charge in [-0.05, 0) is 60.7 Å². The lowest BCUT2D eigenvalue weighted by Gasteiger charge is -2.09. The first-order valence-corrected chi connectivity index (χ1v) is 11.4. The average molecular weight is 502 g/mol. The quantitative estimate of drug-likeness (QED) is 0.186. The first-order chi connectivity index (χ1) is 17.8. The molecular formula is C28H27N3O6. The summed E-state index contributed by atoms with van der Waals surface area (Å²) in [5, 5.41) is 2.73. The Bertz CT molecular complexity index is 1300. The molecule has 9 nitrogen and oxygen atoms in total. The van der Waals surface area contributed by atoms with Gasteiger partial charge in [0.1, 0.15) is 11.5 Å². The van der Waals surface area contributed by atoms with Gasteiger partial charge in [0.15, 0.2) is 0 Å². The van der Waals surface area contributed by atoms with E-state index in [0.717, 1.165) is 0 Å². The lowest BCUT2D eigenvalue weighted by Crippen LogP contribution is -2.40. The van der Waals surface area contributed by atoms with Gasteiger partial charge in [-0.1, -0.05) is 32.0 Å². The molecule has 0 aliphatic heterocycles. The number of rotatable bonds is 8. The number of nitrogens with one attached hydrogen (secondary N) is 3. The van der Waals surface area contributed by atoms with Crippen molar-refractivity contribution in [1.29, 1.82) is 0 Å². The van der Waals surface area contributed by atoms with E-state index in [1.54, 1.807) is 74.5 Å². The minimum Gasteiger partial charge on any atom is -0.497 e. The third-order valence-electron chi connectivity index (χ3n) is 5.10. The summed E-state index contributed by atoms with van der Waals surface area (Å²) >= 11 is 0. The summed E-state index contributed by atoms with van der Waals surface area (Å²) in [5.41, 5.74) is 6.30. The van der Waals surface area contributed by atoms with E-state index < -0.39 is 17.8 Å². The molecule has 0 heterocycles. The van der Waals surface area contributed by atoms with E-state index in [0.29, 0.717) is 28.1 Å². The smallest absolute Gasteiger partial charge is 0.343 e. The lowest BCUT2D eigenvalue weighted by molar-refractivity contribution is -0.119. The van der Waals surface area contributed by atoms with E-state index in [1.807, 2.05) is 0 Å². The number of carbonyl (C=O) groups is 4. The molecule has 0 radical (unpaired) electrons. The Hall–Kier alpha value is -4.92. The Morgan fingerprint density at radius 1 is 0.811 bits per heavy atom. The summed E-state index contributed by atoms with van der Waals surface area (Å²) in [6.45, 7) is 3.56. The number of anilines is 1. The predicted molar refractivity (Wildman–Crippen MR) is 139 cm³/mol. The van der Waals surface area contributed by atoms with Crippen LogP contribution in [0.2, 0.25) is 0 Å². The number of hydrogen-bond donors (Lipinski definition) is 3. The molecule has 9 heteroatoms. The maximum absolute atomic E-state index is 12.5. The van der Waals surface area contributed by atoms with Gasteiger partial charge >= 0.3 is 5.97 Å². The van der Waals surface area contributed by atoms with Crippen LogP contribution in [-0.4, -0.2) is 30.8 Å². The summed E-state index contributed by atoms with van der Waals surface area (Å²) in [6.07, 6.45) is 2.66. The van der Waals surface area contributed by atoms with E-state index >= 15 is 0 Å². The second kappa shape index (κ2) is 12.7. The Balaban J connectivity index is 1.55. The molecule has 0 saturated heterocycles. The van der Waals surface area contributed by atoms with Crippen LogP contribution in [0.15, 0.2) is 78.9 Å². The maximum atomic E-state index is 12.5. The molecule has 0 atom stereocenters. The zero-order valence-corrected chi connectivity index (χ0v) is 20.6. The molecule has 0 aliphatic carbocycles. The minimum absolute atomic E-state index is 0.131. The van der Waals surface area contributed by atoms with Crippen molar-refractivity contribution >= 4 is 35.5 Å². The number of methoxy groups -OCH3 is 1. The van der Waals surface area contributed by atoms with Crippen LogP contribution in [0.1, 0.15) is 40.1 Å². The van der Waals surface area contributed by atoms with Gasteiger partial charge in [-0.15, -0.1) is 0 Å². The van der Waals surface area contributed by atoms with Crippen LogP contribution in [0.4, 0.5) is 5.69 Å². The molecule has 0 aromatic heterocycles. The molecule has 0 saturated carbocycles. The third-order valence-corrected chi connectivity index (χ3v) is 5.10. The zero-order chi connectivity index (χ0) is 26.8. The molecule has 3 rings (SSSR count). The average Bonchev–Trinajstić information content (AvgIpc) is 2.91. The van der Waals surface area contributed by atoms with Crippen molar-refractivity contribution in [2.24, 2.45) is 5.92 Å². The largest absolute Gasteiger partial charge is 0.497 e. The molecule has 3 N–H and O–H groups in total. The maximum Gasteiger partial charge on any atom is 0.343 e. The number of amides is 3. The fourth-order valence-electron chi connectivity index (χ4n) is 2.99. The van der Waals surface area contributed by atoms with Crippen molar-refractivity contribution in [3.05, 3.63) is 95.6 Å². The highest BCUT2D eigenvalue weighted by molar-refractivity contribution is 5.99. The number of benzene rings is 3. The van der Waals surface area contributed by atoms with Crippen molar-refractivity contribution in [1.82, 2.24) is 10.9 Å². The fraction of sp³-hybridized carbons (Fsp3) is 0.143. The van der Waals surface area contributed by atoms with Crippen LogP contribution in [0.3, 0.4) is 0 Å². The molecule has 0 spiro atoms. The lowest BCUT2D eigenvalue weighted by atomic mass is 10.1. The van der Waals surface area contributed by atoms with Crippen LogP contribution in [0.25, 0.3) is 6.08 Å². The van der Waals surface area contributed by atoms with Crippen LogP contribution < -0.4 is 25.6 Å². The zero-order valence-electron chi connectivity index (χ0n) is 20.6. The summed E-state index contributed by atoms with van der Waals surface area (Å²) in [5.74, 6) is -1.10. The van der Waals surface area contributed by atoms with E-state index in [9.17, 15) is 19.2 Å². The standard InChI is InChI=1S/C28H27N3O6/c1-18(2)26(33)29-22-13-8-20(9-14-22)27(34)31-30-25(32)17-12-19-6-4-5-7-24(19)37-28(35)21-10-15-23(36-3)16-11-21/h4-18H,1-3H3,(H,29,33)(H,30,32)(H,31,34)/b17-12+. The van der Waals surface area contributed by atoms with Crippen LogP contribution in [0.5, 0.6) is 11.5 Å². The number of hydrazine groups is 1. The van der Waals surface area contributed by atoms with Crippen molar-refractivity contribution < 1.29 is 28.7 Å². The number of carbonyl (C=O) groups excluding carboxylic acids is 4. The normalized spacial score (nSPS) is 10.6. The highest BCUT2D eigenvalue weighted by Gasteiger charge is 2.12. The monoisotopic (exact) mass is 501 g/mol. The van der Waals surface area contributed by atoms with Gasteiger partial charge in [0.2, 0.25) is 5.91 Å². The molecule has 0 bridgehead atoms. The van der Waals surface area contributed by atoms with Gasteiger partial charge in [-0.2, -0.15) is 0 Å². The van der Waals surface area contributed by atoms with E-state index in [1.165, 1.54) is 31.4 Å². The molecule has 37 heavy (non-hydrogen) atoms. The van der Waals surface area contributed by atoms with Gasteiger partial charge in [-0.25, -0.2) is 4.79 Å². The van der Waals surface area contributed by atoms with Crippen LogP contribution in [-0.2, 0) is 9.59 Å². The van der Waals surface area contributed by atoms with E-state index in [2.05, 4.69) is 16.2 Å². The number of ether oxygens (including phenoxy) is 2. The molecule has 3 amide bonds. The summed E-state index contributed by atoms with van der Waals surface area (Å²) < 4.78 is 10.6. The summed E-state index contributed by atoms with van der Waals surface area (Å²) in [4.78, 5) is 48.8. The minimum atomic E-state index is -0.592. The van der Waals surface area contributed by atoms with Crippen molar-refractivity contribution in [2.45, 2.75) is 13.8 Å². The molecule has 0 aliphatic rings. The predicted octanol–water partition coefficient (Wildman–Crippen LogP) is 3.98. The second-order valence-corrected chi connectivity index (χ2v) is 8.15. The topological polar surface area (TPSA) is 123 Å². The van der Waals surface area contributed by atoms with Crippen molar-refractivity contribution in [2.75, 3.05) is 12.4 Å².